The summed E-state index contributed by atoms with van der Waals surface area (Å²) >= 11 is 1.58. The lowest BCUT2D eigenvalue weighted by atomic mass is 10.1. The number of hydrogen-bond donors (Lipinski definition) is 0. The molecule has 1 atom stereocenters. The van der Waals surface area contributed by atoms with Gasteiger partial charge in [0.05, 0.1) is 11.1 Å². The average Bonchev–Trinajstić information content (AvgIpc) is 3.05. The number of hydrogen-bond acceptors (Lipinski definition) is 5. The zero-order valence-corrected chi connectivity index (χ0v) is 18.1. The van der Waals surface area contributed by atoms with Crippen LogP contribution in [0.25, 0.3) is 0 Å². The Balaban J connectivity index is 1.49. The van der Waals surface area contributed by atoms with Crippen LogP contribution in [0.5, 0.6) is 0 Å². The van der Waals surface area contributed by atoms with Crippen LogP contribution >= 0.6 is 11.8 Å². The summed E-state index contributed by atoms with van der Waals surface area (Å²) in [4.78, 5) is 44.3. The summed E-state index contributed by atoms with van der Waals surface area (Å²) in [7, 11) is 0. The topological polar surface area (TPSA) is 60.9 Å². The molecule has 0 aliphatic carbocycles. The lowest BCUT2D eigenvalue weighted by Gasteiger charge is -2.38. The van der Waals surface area contributed by atoms with E-state index in [9.17, 15) is 18.8 Å². The van der Waals surface area contributed by atoms with Crippen LogP contribution in [-0.2, 0) is 4.79 Å². The van der Waals surface area contributed by atoms with Crippen LogP contribution in [0.4, 0.5) is 10.1 Å². The summed E-state index contributed by atoms with van der Waals surface area (Å²) in [6, 6.07) is 12.2. The van der Waals surface area contributed by atoms with Crippen molar-refractivity contribution in [1.29, 1.82) is 0 Å². The molecule has 4 rings (SSSR count). The van der Waals surface area contributed by atoms with Crippen molar-refractivity contribution < 1.29 is 18.8 Å². The van der Waals surface area contributed by atoms with Crippen LogP contribution in [0.3, 0.4) is 0 Å². The van der Waals surface area contributed by atoms with Crippen molar-refractivity contribution in [2.45, 2.75) is 12.5 Å². The molecule has 0 radical (unpaired) electrons. The number of anilines is 1. The van der Waals surface area contributed by atoms with Gasteiger partial charge in [-0.2, -0.15) is 11.8 Å². The van der Waals surface area contributed by atoms with Gasteiger partial charge >= 0.3 is 0 Å². The highest BCUT2D eigenvalue weighted by Crippen LogP contribution is 2.27. The number of benzene rings is 2. The monoisotopic (exact) mass is 441 g/mol. The summed E-state index contributed by atoms with van der Waals surface area (Å²) in [6.07, 6.45) is 2.36. The Bertz CT molecular complexity index is 955. The predicted octanol–water partition coefficient (Wildman–Crippen LogP) is 2.89. The van der Waals surface area contributed by atoms with Crippen LogP contribution in [0.1, 0.15) is 27.1 Å². The Kier molecular flexibility index (Phi) is 6.27. The van der Waals surface area contributed by atoms with Crippen LogP contribution in [0.15, 0.2) is 48.5 Å². The molecule has 1 saturated heterocycles. The first-order valence-corrected chi connectivity index (χ1v) is 11.7. The minimum atomic E-state index is -0.808. The molecule has 0 unspecified atom stereocenters. The van der Waals surface area contributed by atoms with Crippen LogP contribution in [0, 0.1) is 5.82 Å². The third-order valence-corrected chi connectivity index (χ3v) is 6.44. The number of amides is 3. The van der Waals surface area contributed by atoms with Crippen molar-refractivity contribution >= 4 is 35.2 Å². The van der Waals surface area contributed by atoms with E-state index in [0.29, 0.717) is 49.5 Å². The van der Waals surface area contributed by atoms with Crippen molar-refractivity contribution in [3.63, 3.8) is 0 Å². The molecule has 162 valence electrons. The summed E-state index contributed by atoms with van der Waals surface area (Å²) < 4.78 is 13.2. The van der Waals surface area contributed by atoms with Crippen molar-refractivity contribution in [2.75, 3.05) is 43.1 Å². The van der Waals surface area contributed by atoms with E-state index in [4.69, 9.17) is 0 Å². The maximum atomic E-state index is 13.4. The Morgan fingerprint density at radius 3 is 2.10 bits per heavy atom. The molecule has 2 aromatic carbocycles. The molecule has 31 heavy (non-hydrogen) atoms. The van der Waals surface area contributed by atoms with Crippen LogP contribution < -0.4 is 4.90 Å². The van der Waals surface area contributed by atoms with Gasteiger partial charge in [0.15, 0.2) is 0 Å². The van der Waals surface area contributed by atoms with E-state index in [2.05, 4.69) is 4.90 Å². The lowest BCUT2D eigenvalue weighted by molar-refractivity contribution is -0.135. The summed E-state index contributed by atoms with van der Waals surface area (Å²) in [5, 5.41) is 0. The molecule has 2 aromatic rings. The number of carbonyl (C=O) groups excluding carboxylic acids is 3. The molecule has 2 aliphatic rings. The van der Waals surface area contributed by atoms with Gasteiger partial charge in [-0.25, -0.2) is 4.39 Å². The van der Waals surface area contributed by atoms with Gasteiger partial charge in [-0.15, -0.1) is 0 Å². The Morgan fingerprint density at radius 1 is 0.968 bits per heavy atom. The Morgan fingerprint density at radius 2 is 1.55 bits per heavy atom. The van der Waals surface area contributed by atoms with E-state index in [1.54, 1.807) is 53.1 Å². The maximum absolute atomic E-state index is 13.4. The highest BCUT2D eigenvalue weighted by atomic mass is 32.2. The fourth-order valence-electron chi connectivity index (χ4n) is 4.13. The number of piperazine rings is 1. The van der Waals surface area contributed by atoms with Gasteiger partial charge in [0.1, 0.15) is 11.9 Å². The molecule has 0 bridgehead atoms. The predicted molar refractivity (Wildman–Crippen MR) is 119 cm³/mol. The molecule has 2 heterocycles. The number of thioether (sulfide) groups is 1. The number of halogens is 1. The van der Waals surface area contributed by atoms with Gasteiger partial charge in [0.25, 0.3) is 11.8 Å². The molecular weight excluding hydrogens is 417 g/mol. The second-order valence-corrected chi connectivity index (χ2v) is 8.60. The maximum Gasteiger partial charge on any atom is 0.262 e. The van der Waals surface area contributed by atoms with E-state index in [0.717, 1.165) is 10.6 Å². The minimum Gasteiger partial charge on any atom is -0.368 e. The number of imide groups is 1. The van der Waals surface area contributed by atoms with Gasteiger partial charge in [-0.1, -0.05) is 12.1 Å². The first-order valence-electron chi connectivity index (χ1n) is 10.3. The SMILES string of the molecule is CSCC[C@@H](C(=O)N1CCN(c2ccc(F)cc2)CC1)N1C(=O)c2ccccc2C1=O. The van der Waals surface area contributed by atoms with Crippen LogP contribution in [-0.4, -0.2) is 71.8 Å². The molecule has 0 aromatic heterocycles. The van der Waals surface area contributed by atoms with E-state index < -0.39 is 17.9 Å². The minimum absolute atomic E-state index is 0.192. The van der Waals surface area contributed by atoms with Gasteiger partial charge in [0, 0.05) is 31.9 Å². The average molecular weight is 442 g/mol. The second kappa shape index (κ2) is 9.09. The molecule has 8 heteroatoms. The van der Waals surface area contributed by atoms with Crippen molar-refractivity contribution in [2.24, 2.45) is 0 Å². The molecule has 3 amide bonds. The lowest BCUT2D eigenvalue weighted by Crippen LogP contribution is -2.56. The summed E-state index contributed by atoms with van der Waals surface area (Å²) in [6.45, 7) is 2.17. The van der Waals surface area contributed by atoms with Crippen molar-refractivity contribution in [1.82, 2.24) is 9.80 Å². The van der Waals surface area contributed by atoms with Gasteiger partial charge in [0.2, 0.25) is 5.91 Å². The first kappa shape index (κ1) is 21.4. The second-order valence-electron chi connectivity index (χ2n) is 7.61. The van der Waals surface area contributed by atoms with E-state index in [1.165, 1.54) is 12.1 Å². The fourth-order valence-corrected chi connectivity index (χ4v) is 4.59. The number of rotatable bonds is 6. The smallest absolute Gasteiger partial charge is 0.262 e. The third kappa shape index (κ3) is 4.17. The van der Waals surface area contributed by atoms with E-state index in [-0.39, 0.29) is 11.7 Å². The Hall–Kier alpha value is -2.87. The molecule has 1 fully saturated rings. The normalized spacial score (nSPS) is 17.2. The molecule has 6 nitrogen and oxygen atoms in total. The quantitative estimate of drug-likeness (QED) is 0.645. The van der Waals surface area contributed by atoms with Crippen LogP contribution in [0.2, 0.25) is 0 Å². The van der Waals surface area contributed by atoms with E-state index >= 15 is 0 Å². The summed E-state index contributed by atoms with van der Waals surface area (Å²) in [5.41, 5.74) is 1.62. The molecule has 0 spiro atoms. The fraction of sp³-hybridized carbons (Fsp3) is 0.348. The van der Waals surface area contributed by atoms with Crippen molar-refractivity contribution in [3.8, 4) is 0 Å². The zero-order valence-electron chi connectivity index (χ0n) is 17.3. The summed E-state index contributed by atoms with van der Waals surface area (Å²) in [5.74, 6) is -0.605. The Labute approximate surface area is 185 Å². The highest BCUT2D eigenvalue weighted by molar-refractivity contribution is 7.98. The molecule has 0 saturated carbocycles. The number of fused-ring (bicyclic) bond motifs is 1. The van der Waals surface area contributed by atoms with Gasteiger partial charge < -0.3 is 9.80 Å². The third-order valence-electron chi connectivity index (χ3n) is 5.80. The number of nitrogens with zero attached hydrogens (tertiary/aromatic N) is 3. The molecule has 2 aliphatic heterocycles. The molecular formula is C23H24FN3O3S. The highest BCUT2D eigenvalue weighted by Gasteiger charge is 2.43. The van der Waals surface area contributed by atoms with Gasteiger partial charge in [-0.05, 0) is 54.8 Å². The first-order chi connectivity index (χ1) is 15.0. The number of carbonyl (C=O) groups is 3. The van der Waals surface area contributed by atoms with E-state index in [1.807, 2.05) is 6.26 Å². The standard InChI is InChI=1S/C23H24FN3O3S/c1-31-15-10-20(27-21(28)18-4-2-3-5-19(18)22(27)29)23(30)26-13-11-25(12-14-26)17-8-6-16(24)7-9-17/h2-9,20H,10-15H2,1H3/t20-/m0/s1. The van der Waals surface area contributed by atoms with Gasteiger partial charge in [-0.3, -0.25) is 19.3 Å². The largest absolute Gasteiger partial charge is 0.368 e. The zero-order chi connectivity index (χ0) is 22.0. The van der Waals surface area contributed by atoms with Crippen molar-refractivity contribution in [3.05, 3.63) is 65.5 Å². The molecule has 0 N–H and O–H groups in total.